The Hall–Kier alpha value is -1.08. The van der Waals surface area contributed by atoms with Crippen LogP contribution in [-0.4, -0.2) is 49.0 Å². The van der Waals surface area contributed by atoms with E-state index in [4.69, 9.17) is 11.6 Å². The van der Waals surface area contributed by atoms with Crippen LogP contribution in [0.1, 0.15) is 20.3 Å². The maximum Gasteiger partial charge on any atom is 0.224 e. The van der Waals surface area contributed by atoms with Crippen LogP contribution >= 0.6 is 11.6 Å². The molecule has 0 aromatic carbocycles. The molecule has 1 aliphatic heterocycles. The Kier molecular flexibility index (Phi) is 4.70. The van der Waals surface area contributed by atoms with Crippen LogP contribution in [0, 0.1) is 0 Å². The summed E-state index contributed by atoms with van der Waals surface area (Å²) < 4.78 is 23.3. The molecule has 0 amide bonds. The molecule has 1 aromatic rings. The minimum absolute atomic E-state index is 0.130. The smallest absolute Gasteiger partial charge is 0.224 e. The molecule has 2 heterocycles. The summed E-state index contributed by atoms with van der Waals surface area (Å²) in [5.41, 5.74) is 0. The van der Waals surface area contributed by atoms with Gasteiger partial charge in [-0.05, 0) is 13.3 Å². The fraction of sp³-hybridized carbons (Fsp3) is 0.667. The molecule has 1 unspecified atom stereocenters. The van der Waals surface area contributed by atoms with Crippen LogP contribution in [0.5, 0.6) is 0 Å². The van der Waals surface area contributed by atoms with E-state index in [9.17, 15) is 8.42 Å². The van der Waals surface area contributed by atoms with Gasteiger partial charge in [0.15, 0.2) is 15.7 Å². The summed E-state index contributed by atoms with van der Waals surface area (Å²) in [6.45, 7) is 5.12. The average molecular weight is 319 g/mol. The zero-order valence-corrected chi connectivity index (χ0v) is 13.2. The molecule has 1 fully saturated rings. The Labute approximate surface area is 124 Å². The highest BCUT2D eigenvalue weighted by molar-refractivity contribution is 7.91. The normalized spacial score (nSPS) is 21.8. The van der Waals surface area contributed by atoms with E-state index in [-0.39, 0.29) is 17.5 Å². The van der Waals surface area contributed by atoms with Gasteiger partial charge in [0, 0.05) is 19.1 Å². The molecule has 8 heteroatoms. The molecule has 1 atom stereocenters. The molecule has 112 valence electrons. The summed E-state index contributed by atoms with van der Waals surface area (Å²) in [6, 6.07) is -0.139. The van der Waals surface area contributed by atoms with Crippen LogP contribution in [0.25, 0.3) is 0 Å². The van der Waals surface area contributed by atoms with Gasteiger partial charge in [-0.3, -0.25) is 0 Å². The van der Waals surface area contributed by atoms with Crippen molar-refractivity contribution >= 4 is 33.2 Å². The molecule has 0 radical (unpaired) electrons. The number of aromatic nitrogens is 2. The first-order chi connectivity index (χ1) is 9.43. The van der Waals surface area contributed by atoms with Crippen LogP contribution < -0.4 is 10.2 Å². The van der Waals surface area contributed by atoms with E-state index < -0.39 is 9.84 Å². The van der Waals surface area contributed by atoms with Gasteiger partial charge in [-0.2, -0.15) is 4.98 Å². The van der Waals surface area contributed by atoms with Crippen molar-refractivity contribution in [2.45, 2.75) is 26.3 Å². The zero-order chi connectivity index (χ0) is 14.8. The van der Waals surface area contributed by atoms with Gasteiger partial charge in [0.05, 0.1) is 17.7 Å². The molecule has 0 aliphatic carbocycles. The fourth-order valence-corrected chi connectivity index (χ4v) is 3.95. The minimum atomic E-state index is -2.95. The molecule has 1 saturated heterocycles. The Morgan fingerprint density at radius 1 is 1.55 bits per heavy atom. The van der Waals surface area contributed by atoms with Crippen molar-refractivity contribution in [2.75, 3.05) is 34.8 Å². The van der Waals surface area contributed by atoms with Gasteiger partial charge < -0.3 is 10.2 Å². The maximum atomic E-state index is 11.6. The molecular formula is C12H19ClN4O2S. The van der Waals surface area contributed by atoms with Crippen LogP contribution in [0.3, 0.4) is 0 Å². The molecule has 1 aromatic heterocycles. The van der Waals surface area contributed by atoms with Gasteiger partial charge in [-0.15, -0.1) is 0 Å². The number of hydrogen-bond acceptors (Lipinski definition) is 6. The van der Waals surface area contributed by atoms with Gasteiger partial charge in [0.2, 0.25) is 5.95 Å². The second-order valence-electron chi connectivity index (χ2n) is 4.95. The first-order valence-electron chi connectivity index (χ1n) is 6.66. The lowest BCUT2D eigenvalue weighted by Gasteiger charge is -2.34. The summed E-state index contributed by atoms with van der Waals surface area (Å²) in [5, 5.41) is 3.55. The van der Waals surface area contributed by atoms with E-state index in [1.165, 1.54) is 0 Å². The second-order valence-corrected chi connectivity index (χ2v) is 7.58. The number of rotatable bonds is 4. The maximum absolute atomic E-state index is 11.6. The van der Waals surface area contributed by atoms with E-state index in [0.717, 1.165) is 13.0 Å². The van der Waals surface area contributed by atoms with Crippen LogP contribution in [0.15, 0.2) is 6.20 Å². The molecule has 1 aliphatic rings. The van der Waals surface area contributed by atoms with Gasteiger partial charge in [0.25, 0.3) is 0 Å². The van der Waals surface area contributed by atoms with Crippen LogP contribution in [-0.2, 0) is 9.84 Å². The third kappa shape index (κ3) is 3.52. The highest BCUT2D eigenvalue weighted by Crippen LogP contribution is 2.27. The minimum Gasteiger partial charge on any atom is -0.354 e. The summed E-state index contributed by atoms with van der Waals surface area (Å²) in [6.07, 6.45) is 2.53. The van der Waals surface area contributed by atoms with Crippen molar-refractivity contribution in [3.8, 4) is 0 Å². The Balaban J connectivity index is 2.23. The summed E-state index contributed by atoms with van der Waals surface area (Å²) in [4.78, 5) is 10.5. The summed E-state index contributed by atoms with van der Waals surface area (Å²) in [5.74, 6) is 1.38. The molecule has 2 rings (SSSR count). The summed E-state index contributed by atoms with van der Waals surface area (Å²) in [7, 11) is -2.95. The van der Waals surface area contributed by atoms with Crippen molar-refractivity contribution in [1.29, 1.82) is 0 Å². The predicted molar refractivity (Wildman–Crippen MR) is 81.3 cm³/mol. The number of anilines is 2. The van der Waals surface area contributed by atoms with Crippen molar-refractivity contribution in [3.63, 3.8) is 0 Å². The molecule has 0 bridgehead atoms. The van der Waals surface area contributed by atoms with Crippen molar-refractivity contribution in [2.24, 2.45) is 0 Å². The van der Waals surface area contributed by atoms with E-state index in [1.807, 2.05) is 11.8 Å². The average Bonchev–Trinajstić information content (AvgIpc) is 2.37. The van der Waals surface area contributed by atoms with Crippen LogP contribution in [0.4, 0.5) is 11.8 Å². The van der Waals surface area contributed by atoms with E-state index in [1.54, 1.807) is 6.20 Å². The molecule has 6 nitrogen and oxygen atoms in total. The Bertz CT molecular complexity index is 579. The monoisotopic (exact) mass is 318 g/mol. The highest BCUT2D eigenvalue weighted by Gasteiger charge is 2.30. The molecule has 0 spiro atoms. The summed E-state index contributed by atoms with van der Waals surface area (Å²) >= 11 is 6.16. The third-order valence-electron chi connectivity index (χ3n) is 3.20. The second kappa shape index (κ2) is 6.13. The lowest BCUT2D eigenvalue weighted by molar-refractivity contribution is 0.567. The molecule has 0 saturated carbocycles. The van der Waals surface area contributed by atoms with Crippen molar-refractivity contribution in [3.05, 3.63) is 11.2 Å². The van der Waals surface area contributed by atoms with Crippen molar-refractivity contribution < 1.29 is 8.42 Å². The topological polar surface area (TPSA) is 75.2 Å². The van der Waals surface area contributed by atoms with Crippen LogP contribution in [0.2, 0.25) is 5.02 Å². The quantitative estimate of drug-likeness (QED) is 0.908. The third-order valence-corrected chi connectivity index (χ3v) is 5.26. The lowest BCUT2D eigenvalue weighted by Crippen LogP contribution is -2.47. The predicted octanol–water partition coefficient (Wildman–Crippen LogP) is 1.58. The highest BCUT2D eigenvalue weighted by atomic mass is 35.5. The Morgan fingerprint density at radius 2 is 2.30 bits per heavy atom. The first kappa shape index (κ1) is 15.3. The zero-order valence-electron chi connectivity index (χ0n) is 11.6. The molecular weight excluding hydrogens is 300 g/mol. The molecule has 1 N–H and O–H groups in total. The number of halogens is 1. The number of hydrogen-bond donors (Lipinski definition) is 1. The number of nitrogens with zero attached hydrogens (tertiary/aromatic N) is 3. The molecule has 20 heavy (non-hydrogen) atoms. The first-order valence-corrected chi connectivity index (χ1v) is 8.86. The SMILES string of the molecule is CCCNc1ncc(Cl)c(N2CCS(=O)(=O)CC2C)n1. The van der Waals surface area contributed by atoms with E-state index in [2.05, 4.69) is 22.2 Å². The van der Waals surface area contributed by atoms with Gasteiger partial charge >= 0.3 is 0 Å². The Morgan fingerprint density at radius 3 is 2.95 bits per heavy atom. The van der Waals surface area contributed by atoms with Gasteiger partial charge in [-0.1, -0.05) is 18.5 Å². The van der Waals surface area contributed by atoms with E-state index in [0.29, 0.717) is 23.3 Å². The van der Waals surface area contributed by atoms with Crippen molar-refractivity contribution in [1.82, 2.24) is 9.97 Å². The fourth-order valence-electron chi connectivity index (χ4n) is 2.19. The largest absolute Gasteiger partial charge is 0.354 e. The number of nitrogens with one attached hydrogen (secondary N) is 1. The van der Waals surface area contributed by atoms with E-state index >= 15 is 0 Å². The lowest BCUT2D eigenvalue weighted by atomic mass is 10.3. The number of sulfone groups is 1. The standard InChI is InChI=1S/C12H19ClN4O2S/c1-3-4-14-12-15-7-10(13)11(16-12)17-5-6-20(18,19)8-9(17)2/h7,9H,3-6,8H2,1-2H3,(H,14,15,16). The van der Waals surface area contributed by atoms with Gasteiger partial charge in [0.1, 0.15) is 5.02 Å². The van der Waals surface area contributed by atoms with Gasteiger partial charge in [-0.25, -0.2) is 13.4 Å².